The minimum Gasteiger partial charge on any atom is -0.322 e. The lowest BCUT2D eigenvalue weighted by Crippen LogP contribution is -2.29. The highest BCUT2D eigenvalue weighted by Gasteiger charge is 2.36. The number of nitrogens with zero attached hydrogens (tertiary/aromatic N) is 2. The Morgan fingerprint density at radius 2 is 1.53 bits per heavy atom. The minimum atomic E-state index is -0.512. The van der Waals surface area contributed by atoms with E-state index in [1.54, 1.807) is 43.3 Å². The molecule has 30 heavy (non-hydrogen) atoms. The molecule has 0 radical (unpaired) electrons. The van der Waals surface area contributed by atoms with E-state index in [1.807, 2.05) is 0 Å². The van der Waals surface area contributed by atoms with E-state index >= 15 is 0 Å². The van der Waals surface area contributed by atoms with Gasteiger partial charge in [0.1, 0.15) is 0 Å². The number of nitro groups is 1. The second-order valence-corrected chi connectivity index (χ2v) is 6.75. The summed E-state index contributed by atoms with van der Waals surface area (Å²) in [7, 11) is 0. The largest absolute Gasteiger partial charge is 0.322 e. The number of imide groups is 1. The summed E-state index contributed by atoms with van der Waals surface area (Å²) < 4.78 is 0. The van der Waals surface area contributed by atoms with Crippen molar-refractivity contribution in [3.05, 3.63) is 99.1 Å². The Labute approximate surface area is 170 Å². The van der Waals surface area contributed by atoms with Gasteiger partial charge in [-0.15, -0.1) is 0 Å². The van der Waals surface area contributed by atoms with Crippen LogP contribution in [0.5, 0.6) is 0 Å². The standard InChI is InChI=1S/C22H15N3O5/c1-13-6-9-15(12-19(13)25(29)30)23-20(26)14-7-10-16(11-8-14)24-21(27)17-4-2-3-5-18(17)22(24)28/h2-12H,1H3,(H,23,26). The molecule has 0 saturated carbocycles. The van der Waals surface area contributed by atoms with Crippen LogP contribution in [0.1, 0.15) is 36.6 Å². The van der Waals surface area contributed by atoms with E-state index in [2.05, 4.69) is 5.32 Å². The summed E-state index contributed by atoms with van der Waals surface area (Å²) in [6.07, 6.45) is 0. The zero-order valence-electron chi connectivity index (χ0n) is 15.8. The van der Waals surface area contributed by atoms with E-state index < -0.39 is 22.6 Å². The van der Waals surface area contributed by atoms with Gasteiger partial charge in [-0.3, -0.25) is 24.5 Å². The zero-order chi connectivity index (χ0) is 21.4. The molecule has 148 valence electrons. The molecule has 3 amide bonds. The Bertz CT molecular complexity index is 1180. The molecule has 1 aliphatic heterocycles. The van der Waals surface area contributed by atoms with E-state index in [4.69, 9.17) is 0 Å². The zero-order valence-corrected chi connectivity index (χ0v) is 15.8. The van der Waals surface area contributed by atoms with E-state index in [0.29, 0.717) is 28.1 Å². The van der Waals surface area contributed by atoms with Crippen LogP contribution >= 0.6 is 0 Å². The first-order valence-corrected chi connectivity index (χ1v) is 9.01. The van der Waals surface area contributed by atoms with Crippen LogP contribution in [0.25, 0.3) is 0 Å². The van der Waals surface area contributed by atoms with Crippen molar-refractivity contribution in [1.82, 2.24) is 0 Å². The molecule has 0 fully saturated rings. The molecule has 0 unspecified atom stereocenters. The number of nitro benzene ring substituents is 1. The molecule has 3 aromatic carbocycles. The highest BCUT2D eigenvalue weighted by Crippen LogP contribution is 2.28. The Kier molecular flexibility index (Phi) is 4.59. The summed E-state index contributed by atoms with van der Waals surface area (Å²) in [5, 5.41) is 13.7. The normalized spacial score (nSPS) is 12.6. The molecular weight excluding hydrogens is 386 g/mol. The number of fused-ring (bicyclic) bond motifs is 1. The predicted molar refractivity (Wildman–Crippen MR) is 110 cm³/mol. The van der Waals surface area contributed by atoms with Gasteiger partial charge in [-0.2, -0.15) is 0 Å². The van der Waals surface area contributed by atoms with Crippen LogP contribution in [0.2, 0.25) is 0 Å². The summed E-state index contributed by atoms with van der Waals surface area (Å²) in [5.74, 6) is -1.30. The molecule has 8 heteroatoms. The smallest absolute Gasteiger partial charge is 0.274 e. The fraction of sp³-hybridized carbons (Fsp3) is 0.0455. The first kappa shape index (κ1) is 19.0. The van der Waals surface area contributed by atoms with Crippen LogP contribution in [-0.4, -0.2) is 22.6 Å². The monoisotopic (exact) mass is 401 g/mol. The second-order valence-electron chi connectivity index (χ2n) is 6.75. The van der Waals surface area contributed by atoms with Gasteiger partial charge < -0.3 is 5.32 Å². The van der Waals surface area contributed by atoms with Crippen molar-refractivity contribution in [2.75, 3.05) is 10.2 Å². The summed E-state index contributed by atoms with van der Waals surface area (Å²) in [6.45, 7) is 1.61. The van der Waals surface area contributed by atoms with Crippen LogP contribution in [0.4, 0.5) is 17.1 Å². The number of anilines is 2. The Balaban J connectivity index is 1.54. The number of amides is 3. The molecule has 0 atom stereocenters. The molecule has 8 nitrogen and oxygen atoms in total. The number of hydrogen-bond donors (Lipinski definition) is 1. The Morgan fingerprint density at radius 3 is 2.10 bits per heavy atom. The molecule has 0 aromatic heterocycles. The molecular formula is C22H15N3O5. The number of aryl methyl sites for hydroxylation is 1. The van der Waals surface area contributed by atoms with Crippen molar-refractivity contribution >= 4 is 34.8 Å². The number of nitrogens with one attached hydrogen (secondary N) is 1. The van der Waals surface area contributed by atoms with Gasteiger partial charge in [0.15, 0.2) is 0 Å². The molecule has 0 spiro atoms. The summed E-state index contributed by atoms with van der Waals surface area (Å²) >= 11 is 0. The highest BCUT2D eigenvalue weighted by atomic mass is 16.6. The molecule has 1 N–H and O–H groups in total. The van der Waals surface area contributed by atoms with Crippen molar-refractivity contribution in [2.24, 2.45) is 0 Å². The van der Waals surface area contributed by atoms with Gasteiger partial charge in [-0.25, -0.2) is 4.90 Å². The van der Waals surface area contributed by atoms with Crippen molar-refractivity contribution in [1.29, 1.82) is 0 Å². The fourth-order valence-electron chi connectivity index (χ4n) is 3.27. The molecule has 4 rings (SSSR count). The third kappa shape index (κ3) is 3.20. The van der Waals surface area contributed by atoms with Gasteiger partial charge in [-0.1, -0.05) is 18.2 Å². The number of carbonyl (C=O) groups is 3. The highest BCUT2D eigenvalue weighted by molar-refractivity contribution is 6.34. The Morgan fingerprint density at radius 1 is 0.933 bits per heavy atom. The van der Waals surface area contributed by atoms with Crippen LogP contribution in [0, 0.1) is 17.0 Å². The van der Waals surface area contributed by atoms with E-state index in [9.17, 15) is 24.5 Å². The topological polar surface area (TPSA) is 110 Å². The maximum Gasteiger partial charge on any atom is 0.274 e. The minimum absolute atomic E-state index is 0.0891. The van der Waals surface area contributed by atoms with Gasteiger partial charge in [0.05, 0.1) is 21.7 Å². The van der Waals surface area contributed by atoms with Crippen molar-refractivity contribution in [3.8, 4) is 0 Å². The van der Waals surface area contributed by atoms with Crippen LogP contribution in [-0.2, 0) is 0 Å². The third-order valence-corrected chi connectivity index (χ3v) is 4.85. The van der Waals surface area contributed by atoms with Gasteiger partial charge in [-0.05, 0) is 49.4 Å². The van der Waals surface area contributed by atoms with Crippen LogP contribution in [0.15, 0.2) is 66.7 Å². The SMILES string of the molecule is Cc1ccc(NC(=O)c2ccc(N3C(=O)c4ccccc4C3=O)cc2)cc1[N+](=O)[O-]. The van der Waals surface area contributed by atoms with Gasteiger partial charge in [0.2, 0.25) is 0 Å². The average Bonchev–Trinajstić information content (AvgIpc) is 3.00. The lowest BCUT2D eigenvalue weighted by Gasteiger charge is -2.14. The van der Waals surface area contributed by atoms with E-state index in [1.165, 1.54) is 30.3 Å². The first-order chi connectivity index (χ1) is 14.4. The van der Waals surface area contributed by atoms with Crippen LogP contribution < -0.4 is 10.2 Å². The lowest BCUT2D eigenvalue weighted by atomic mass is 10.1. The number of benzene rings is 3. The lowest BCUT2D eigenvalue weighted by molar-refractivity contribution is -0.385. The summed E-state index contributed by atoms with van der Waals surface area (Å²) in [6, 6.07) is 17.0. The number of rotatable bonds is 4. The molecule has 1 aliphatic rings. The van der Waals surface area contributed by atoms with E-state index in [0.717, 1.165) is 4.90 Å². The predicted octanol–water partition coefficient (Wildman–Crippen LogP) is 3.96. The number of carbonyl (C=O) groups excluding carboxylic acids is 3. The van der Waals surface area contributed by atoms with Crippen molar-refractivity contribution in [2.45, 2.75) is 6.92 Å². The maximum absolute atomic E-state index is 12.6. The molecule has 0 bridgehead atoms. The van der Waals surface area contributed by atoms with E-state index in [-0.39, 0.29) is 11.3 Å². The van der Waals surface area contributed by atoms with Crippen molar-refractivity contribution in [3.63, 3.8) is 0 Å². The second kappa shape index (κ2) is 7.25. The molecule has 1 heterocycles. The Hall–Kier alpha value is -4.33. The molecule has 0 aliphatic carbocycles. The summed E-state index contributed by atoms with van der Waals surface area (Å²) in [5.41, 5.74) is 2.00. The van der Waals surface area contributed by atoms with Gasteiger partial charge >= 0.3 is 0 Å². The molecule has 3 aromatic rings. The van der Waals surface area contributed by atoms with Crippen molar-refractivity contribution < 1.29 is 19.3 Å². The van der Waals surface area contributed by atoms with Gasteiger partial charge in [0.25, 0.3) is 23.4 Å². The maximum atomic E-state index is 12.6. The molecule has 0 saturated heterocycles. The first-order valence-electron chi connectivity index (χ1n) is 9.01. The average molecular weight is 401 g/mol. The van der Waals surface area contributed by atoms with Crippen LogP contribution in [0.3, 0.4) is 0 Å². The third-order valence-electron chi connectivity index (χ3n) is 4.85. The van der Waals surface area contributed by atoms with Gasteiger partial charge in [0, 0.05) is 22.9 Å². The summed E-state index contributed by atoms with van der Waals surface area (Å²) in [4.78, 5) is 49.2. The fourth-order valence-corrected chi connectivity index (χ4v) is 3.27. The quantitative estimate of drug-likeness (QED) is 0.404. The number of hydrogen-bond acceptors (Lipinski definition) is 5.